The molecule has 0 aromatic rings. The minimum absolute atomic E-state index is 0.348. The first kappa shape index (κ1) is 19.4. The number of fused-ring (bicyclic) bond motifs is 5. The average molecular weight is 347 g/mol. The van der Waals surface area contributed by atoms with Crippen LogP contribution in [0.4, 0.5) is 0 Å². The van der Waals surface area contributed by atoms with Gasteiger partial charge in [-0.25, -0.2) is 0 Å². The van der Waals surface area contributed by atoms with E-state index in [1.54, 1.807) is 0 Å². The van der Waals surface area contributed by atoms with Crippen LogP contribution in [0.5, 0.6) is 0 Å². The van der Waals surface area contributed by atoms with Crippen molar-refractivity contribution >= 4 is 5.78 Å². The first-order chi connectivity index (χ1) is 12.0. The molecule has 4 saturated carbocycles. The van der Waals surface area contributed by atoms with Crippen molar-refractivity contribution < 1.29 is 4.79 Å². The lowest BCUT2D eigenvalue weighted by atomic mass is 9.49. The molecule has 0 heterocycles. The lowest BCUT2D eigenvalue weighted by molar-refractivity contribution is -0.128. The average Bonchev–Trinajstić information content (AvgIpc) is 3.00. The van der Waals surface area contributed by atoms with E-state index in [0.29, 0.717) is 17.1 Å². The van der Waals surface area contributed by atoms with Crippen LogP contribution < -0.4 is 0 Å². The van der Waals surface area contributed by atoms with Crippen LogP contribution in [0.15, 0.2) is 0 Å². The maximum absolute atomic E-state index is 12.2. The predicted octanol–water partition coefficient (Wildman–Crippen LogP) is 6.90. The number of hydrogen-bond donors (Lipinski definition) is 0. The van der Waals surface area contributed by atoms with Crippen LogP contribution in [0, 0.1) is 46.8 Å². The minimum atomic E-state index is 0.348. The monoisotopic (exact) mass is 346 g/mol. The molecule has 0 aromatic carbocycles. The Labute approximate surface area is 156 Å². The van der Waals surface area contributed by atoms with E-state index in [2.05, 4.69) is 13.8 Å². The van der Waals surface area contributed by atoms with Gasteiger partial charge in [0.2, 0.25) is 0 Å². The van der Waals surface area contributed by atoms with E-state index in [1.165, 1.54) is 64.2 Å². The van der Waals surface area contributed by atoms with Gasteiger partial charge >= 0.3 is 0 Å². The van der Waals surface area contributed by atoms with Crippen molar-refractivity contribution in [2.24, 2.45) is 46.8 Å². The molecule has 8 atom stereocenters. The molecule has 0 N–H and O–H groups in total. The highest BCUT2D eigenvalue weighted by Gasteiger charge is 2.57. The molecular weight excluding hydrogens is 304 g/mol. The second-order valence-electron chi connectivity index (χ2n) is 9.81. The van der Waals surface area contributed by atoms with Crippen LogP contribution >= 0.6 is 0 Å². The van der Waals surface area contributed by atoms with Crippen LogP contribution in [0.2, 0.25) is 0 Å². The molecule has 0 radical (unpaired) electrons. The summed E-state index contributed by atoms with van der Waals surface area (Å²) in [5.41, 5.74) is 0.348. The van der Waals surface area contributed by atoms with Crippen molar-refractivity contribution in [3.05, 3.63) is 0 Å². The Bertz CT molecular complexity index is 469. The van der Waals surface area contributed by atoms with Gasteiger partial charge in [0.25, 0.3) is 0 Å². The Balaban J connectivity index is 0.000000880. The first-order valence-electron chi connectivity index (χ1n) is 11.5. The Morgan fingerprint density at radius 3 is 2.32 bits per heavy atom. The Kier molecular flexibility index (Phi) is 6.01. The van der Waals surface area contributed by atoms with Gasteiger partial charge in [-0.15, -0.1) is 0 Å². The molecule has 4 rings (SSSR count). The van der Waals surface area contributed by atoms with E-state index in [1.807, 2.05) is 20.8 Å². The number of carbonyl (C=O) groups excluding carboxylic acids is 1. The van der Waals surface area contributed by atoms with E-state index in [-0.39, 0.29) is 0 Å². The van der Waals surface area contributed by atoms with E-state index in [9.17, 15) is 4.79 Å². The van der Waals surface area contributed by atoms with E-state index < -0.39 is 0 Å². The van der Waals surface area contributed by atoms with Crippen LogP contribution in [-0.2, 0) is 4.79 Å². The Hall–Kier alpha value is -0.330. The van der Waals surface area contributed by atoms with Gasteiger partial charge in [0.05, 0.1) is 0 Å². The van der Waals surface area contributed by atoms with Crippen LogP contribution in [0.25, 0.3) is 0 Å². The third-order valence-electron chi connectivity index (χ3n) is 9.13. The molecule has 8 unspecified atom stereocenters. The number of carbonyl (C=O) groups is 1. The van der Waals surface area contributed by atoms with E-state index in [0.717, 1.165) is 35.5 Å². The number of rotatable bonds is 2. The minimum Gasteiger partial charge on any atom is -0.300 e. The molecule has 4 fully saturated rings. The summed E-state index contributed by atoms with van der Waals surface area (Å²) in [5.74, 6) is 6.79. The zero-order valence-corrected chi connectivity index (χ0v) is 17.5. The summed E-state index contributed by atoms with van der Waals surface area (Å²) >= 11 is 0. The van der Waals surface area contributed by atoms with Crippen LogP contribution in [-0.4, -0.2) is 5.78 Å². The normalized spacial score (nSPS) is 48.4. The van der Waals surface area contributed by atoms with E-state index >= 15 is 0 Å². The zero-order chi connectivity index (χ0) is 18.2. The maximum Gasteiger partial charge on any atom is 0.133 e. The van der Waals surface area contributed by atoms with Gasteiger partial charge < -0.3 is 0 Å². The lowest BCUT2D eigenvalue weighted by Gasteiger charge is -2.56. The predicted molar refractivity (Wildman–Crippen MR) is 106 cm³/mol. The summed E-state index contributed by atoms with van der Waals surface area (Å²) in [6, 6.07) is 0. The fourth-order valence-corrected chi connectivity index (χ4v) is 7.99. The quantitative estimate of drug-likeness (QED) is 0.531. The summed E-state index contributed by atoms with van der Waals surface area (Å²) < 4.78 is 0. The van der Waals surface area contributed by atoms with Gasteiger partial charge in [-0.3, -0.25) is 4.79 Å². The molecule has 0 bridgehead atoms. The van der Waals surface area contributed by atoms with Gasteiger partial charge in [-0.05, 0) is 99.2 Å². The summed E-state index contributed by atoms with van der Waals surface area (Å²) in [4.78, 5) is 12.2. The molecule has 0 aliphatic heterocycles. The van der Waals surface area contributed by atoms with Gasteiger partial charge in [0.15, 0.2) is 0 Å². The molecule has 144 valence electrons. The van der Waals surface area contributed by atoms with Gasteiger partial charge in [-0.1, -0.05) is 40.5 Å². The SMILES string of the molecule is CC.CCC1CCC2C(CCC3C2CCC2(C)C(C(C)=O)CCC32)C1. The standard InChI is InChI=1S/C22H36O.C2H6/c1-4-15-5-7-17-16(13-15)6-8-19-18(17)11-12-22(3)20(14(2)23)9-10-21(19)22;1-2/h15-21H,4-13H2,1-3H3;1-2H3. The summed E-state index contributed by atoms with van der Waals surface area (Å²) in [6.07, 6.45) is 14.2. The smallest absolute Gasteiger partial charge is 0.133 e. The molecule has 0 saturated heterocycles. The van der Waals surface area contributed by atoms with Gasteiger partial charge in [0, 0.05) is 5.92 Å². The largest absolute Gasteiger partial charge is 0.300 e. The van der Waals surface area contributed by atoms with E-state index in [4.69, 9.17) is 0 Å². The highest BCUT2D eigenvalue weighted by atomic mass is 16.1. The van der Waals surface area contributed by atoms with Crippen molar-refractivity contribution in [2.45, 2.75) is 98.8 Å². The van der Waals surface area contributed by atoms with Crippen molar-refractivity contribution in [1.29, 1.82) is 0 Å². The second kappa shape index (κ2) is 7.73. The second-order valence-corrected chi connectivity index (χ2v) is 9.81. The summed E-state index contributed by atoms with van der Waals surface area (Å²) in [5, 5.41) is 0. The fourth-order valence-electron chi connectivity index (χ4n) is 7.99. The Morgan fingerprint density at radius 1 is 0.920 bits per heavy atom. The number of ketones is 1. The van der Waals surface area contributed by atoms with Crippen molar-refractivity contribution in [1.82, 2.24) is 0 Å². The first-order valence-corrected chi connectivity index (χ1v) is 11.5. The lowest BCUT2D eigenvalue weighted by Crippen LogP contribution is -2.49. The fraction of sp³-hybridized carbons (Fsp3) is 0.958. The highest BCUT2D eigenvalue weighted by molar-refractivity contribution is 5.79. The molecule has 1 nitrogen and oxygen atoms in total. The third-order valence-corrected chi connectivity index (χ3v) is 9.13. The third kappa shape index (κ3) is 3.23. The summed E-state index contributed by atoms with van der Waals surface area (Å²) in [6.45, 7) is 10.7. The van der Waals surface area contributed by atoms with Crippen molar-refractivity contribution in [2.75, 3.05) is 0 Å². The van der Waals surface area contributed by atoms with Gasteiger partial charge in [-0.2, -0.15) is 0 Å². The molecule has 0 spiro atoms. The Morgan fingerprint density at radius 2 is 1.64 bits per heavy atom. The zero-order valence-electron chi connectivity index (χ0n) is 17.5. The number of Topliss-reactive ketones (excluding diaryl/α,β-unsaturated/α-hetero) is 1. The maximum atomic E-state index is 12.2. The molecule has 4 aliphatic carbocycles. The highest BCUT2D eigenvalue weighted by Crippen LogP contribution is 2.64. The molecular formula is C24H42O. The summed E-state index contributed by atoms with van der Waals surface area (Å²) in [7, 11) is 0. The molecule has 0 amide bonds. The van der Waals surface area contributed by atoms with Crippen molar-refractivity contribution in [3.63, 3.8) is 0 Å². The molecule has 0 aromatic heterocycles. The molecule has 25 heavy (non-hydrogen) atoms. The molecule has 4 aliphatic rings. The van der Waals surface area contributed by atoms with Crippen LogP contribution in [0.3, 0.4) is 0 Å². The van der Waals surface area contributed by atoms with Gasteiger partial charge in [0.1, 0.15) is 5.78 Å². The van der Waals surface area contributed by atoms with Crippen LogP contribution in [0.1, 0.15) is 98.8 Å². The molecule has 1 heteroatoms. The topological polar surface area (TPSA) is 17.1 Å². The van der Waals surface area contributed by atoms with Crippen molar-refractivity contribution in [3.8, 4) is 0 Å². The number of hydrogen-bond acceptors (Lipinski definition) is 1.